The molecule has 1 unspecified atom stereocenters. The number of aliphatic hydroxyl groups is 1. The molecule has 0 saturated heterocycles. The highest BCUT2D eigenvalue weighted by molar-refractivity contribution is 9.10. The fourth-order valence-electron chi connectivity index (χ4n) is 1.64. The Hall–Kier alpha value is -0.620. The van der Waals surface area contributed by atoms with Crippen molar-refractivity contribution in [3.05, 3.63) is 63.1 Å². The maximum absolute atomic E-state index is 13.8. The third kappa shape index (κ3) is 3.73. The summed E-state index contributed by atoms with van der Waals surface area (Å²) in [7, 11) is 0. The molecule has 1 atom stereocenters. The first-order valence-electron chi connectivity index (χ1n) is 5.69. The summed E-state index contributed by atoms with van der Waals surface area (Å²) in [6.07, 6.45) is -1.23. The molecule has 0 radical (unpaired) electrons. The van der Waals surface area contributed by atoms with Crippen LogP contribution in [0.5, 0.6) is 0 Å². The van der Waals surface area contributed by atoms with Gasteiger partial charge in [0.1, 0.15) is 11.6 Å². The second-order valence-corrected chi connectivity index (χ2v) is 6.42. The van der Waals surface area contributed by atoms with Gasteiger partial charge in [-0.2, -0.15) is 0 Å². The van der Waals surface area contributed by atoms with Crippen molar-refractivity contribution in [1.82, 2.24) is 0 Å². The summed E-state index contributed by atoms with van der Waals surface area (Å²) in [5.41, 5.74) is -0.319. The molecule has 20 heavy (non-hydrogen) atoms. The Labute approximate surface area is 133 Å². The fourth-order valence-corrected chi connectivity index (χ4v) is 2.95. The zero-order chi connectivity index (χ0) is 14.7. The molecule has 2 rings (SSSR count). The number of aliphatic hydroxyl groups excluding tert-OH is 1. The van der Waals surface area contributed by atoms with Crippen molar-refractivity contribution in [2.45, 2.75) is 11.0 Å². The lowest BCUT2D eigenvalue weighted by Crippen LogP contribution is -2.07. The Bertz CT molecular complexity index is 607. The summed E-state index contributed by atoms with van der Waals surface area (Å²) in [6, 6.07) is 9.40. The number of benzene rings is 2. The lowest BCUT2D eigenvalue weighted by Gasteiger charge is -2.13. The Kier molecular flexibility index (Phi) is 5.43. The second-order valence-electron chi connectivity index (χ2n) is 4.04. The topological polar surface area (TPSA) is 20.2 Å². The van der Waals surface area contributed by atoms with E-state index < -0.39 is 17.7 Å². The third-order valence-electron chi connectivity index (χ3n) is 2.63. The van der Waals surface area contributed by atoms with Gasteiger partial charge in [0.2, 0.25) is 0 Å². The molecule has 0 fully saturated rings. The molecule has 2 aromatic rings. The molecule has 0 aliphatic carbocycles. The molecular weight excluding hydrogens is 370 g/mol. The van der Waals surface area contributed by atoms with Gasteiger partial charge in [-0.25, -0.2) is 8.78 Å². The van der Waals surface area contributed by atoms with Gasteiger partial charge < -0.3 is 5.11 Å². The first-order valence-corrected chi connectivity index (χ1v) is 7.84. The van der Waals surface area contributed by atoms with Crippen molar-refractivity contribution in [3.8, 4) is 0 Å². The van der Waals surface area contributed by atoms with E-state index in [0.29, 0.717) is 5.02 Å². The molecule has 2 aromatic carbocycles. The van der Waals surface area contributed by atoms with Crippen molar-refractivity contribution < 1.29 is 13.9 Å². The lowest BCUT2D eigenvalue weighted by atomic mass is 10.1. The monoisotopic (exact) mass is 378 g/mol. The predicted octanol–water partition coefficient (Wildman–Crippen LogP) is 5.21. The third-order valence-corrected chi connectivity index (χ3v) is 4.59. The van der Waals surface area contributed by atoms with Crippen molar-refractivity contribution in [1.29, 1.82) is 0 Å². The second kappa shape index (κ2) is 6.89. The van der Waals surface area contributed by atoms with Gasteiger partial charge in [0.15, 0.2) is 0 Å². The van der Waals surface area contributed by atoms with Gasteiger partial charge >= 0.3 is 0 Å². The Morgan fingerprint density at radius 2 is 1.80 bits per heavy atom. The molecular formula is C14H10BrClF2OS. The van der Waals surface area contributed by atoms with Crippen LogP contribution in [0.4, 0.5) is 8.78 Å². The van der Waals surface area contributed by atoms with Gasteiger partial charge in [-0.15, -0.1) is 11.8 Å². The summed E-state index contributed by atoms with van der Waals surface area (Å²) in [5, 5.41) is 10.6. The lowest BCUT2D eigenvalue weighted by molar-refractivity contribution is 0.193. The summed E-state index contributed by atoms with van der Waals surface area (Å²) in [4.78, 5) is 0.865. The smallest absolute Gasteiger partial charge is 0.146 e. The van der Waals surface area contributed by atoms with E-state index in [1.54, 1.807) is 24.3 Å². The summed E-state index contributed by atoms with van der Waals surface area (Å²) in [6.45, 7) is 0. The average molecular weight is 380 g/mol. The van der Waals surface area contributed by atoms with Crippen LogP contribution in [-0.2, 0) is 0 Å². The van der Waals surface area contributed by atoms with Crippen molar-refractivity contribution >= 4 is 39.3 Å². The molecule has 1 N–H and O–H groups in total. The SMILES string of the molecule is OC(CSc1ccc(Cl)cc1)c1c(F)ccc(Br)c1F. The summed E-state index contributed by atoms with van der Waals surface area (Å²) >= 11 is 10.0. The maximum atomic E-state index is 13.8. The quantitative estimate of drug-likeness (QED) is 0.581. The van der Waals surface area contributed by atoms with E-state index in [1.807, 2.05) is 0 Å². The Morgan fingerprint density at radius 1 is 1.15 bits per heavy atom. The van der Waals surface area contributed by atoms with Crippen LogP contribution in [0.1, 0.15) is 11.7 Å². The van der Waals surface area contributed by atoms with E-state index in [1.165, 1.54) is 17.8 Å². The maximum Gasteiger partial charge on any atom is 0.146 e. The van der Waals surface area contributed by atoms with Crippen molar-refractivity contribution in [3.63, 3.8) is 0 Å². The normalized spacial score (nSPS) is 12.4. The largest absolute Gasteiger partial charge is 0.387 e. The predicted molar refractivity (Wildman–Crippen MR) is 81.2 cm³/mol. The minimum Gasteiger partial charge on any atom is -0.387 e. The van der Waals surface area contributed by atoms with Gasteiger partial charge in [-0.3, -0.25) is 0 Å². The number of thioether (sulfide) groups is 1. The van der Waals surface area contributed by atoms with Gasteiger partial charge in [-0.1, -0.05) is 11.6 Å². The highest BCUT2D eigenvalue weighted by Crippen LogP contribution is 2.31. The number of hydrogen-bond donors (Lipinski definition) is 1. The van der Waals surface area contributed by atoms with Gasteiger partial charge in [0.25, 0.3) is 0 Å². The minimum atomic E-state index is -1.23. The van der Waals surface area contributed by atoms with Crippen LogP contribution >= 0.6 is 39.3 Å². The molecule has 0 heterocycles. The molecule has 0 aromatic heterocycles. The molecule has 0 aliphatic heterocycles. The fraction of sp³-hybridized carbons (Fsp3) is 0.143. The van der Waals surface area contributed by atoms with Crippen LogP contribution < -0.4 is 0 Å². The Balaban J connectivity index is 2.11. The summed E-state index contributed by atoms with van der Waals surface area (Å²) < 4.78 is 27.6. The van der Waals surface area contributed by atoms with Crippen LogP contribution in [0, 0.1) is 11.6 Å². The highest BCUT2D eigenvalue weighted by atomic mass is 79.9. The molecule has 0 bridgehead atoms. The van der Waals surface area contributed by atoms with Crippen LogP contribution in [0.25, 0.3) is 0 Å². The standard InChI is InChI=1S/C14H10BrClF2OS/c15-10-5-6-11(17)13(14(10)18)12(19)7-20-9-3-1-8(16)2-4-9/h1-6,12,19H,7H2. The van der Waals surface area contributed by atoms with Crippen molar-refractivity contribution in [2.75, 3.05) is 5.75 Å². The minimum absolute atomic E-state index is 0.129. The first-order chi connectivity index (χ1) is 9.49. The Morgan fingerprint density at radius 3 is 2.45 bits per heavy atom. The molecule has 106 valence electrons. The van der Waals surface area contributed by atoms with Crippen LogP contribution in [0.2, 0.25) is 5.02 Å². The van der Waals surface area contributed by atoms with E-state index in [0.717, 1.165) is 11.0 Å². The zero-order valence-corrected chi connectivity index (χ0v) is 13.3. The molecule has 0 amide bonds. The van der Waals surface area contributed by atoms with E-state index >= 15 is 0 Å². The average Bonchev–Trinajstić information content (AvgIpc) is 2.43. The molecule has 0 saturated carbocycles. The van der Waals surface area contributed by atoms with Crippen LogP contribution in [0.3, 0.4) is 0 Å². The highest BCUT2D eigenvalue weighted by Gasteiger charge is 2.20. The first kappa shape index (κ1) is 15.8. The van der Waals surface area contributed by atoms with E-state index in [2.05, 4.69) is 15.9 Å². The number of hydrogen-bond acceptors (Lipinski definition) is 2. The van der Waals surface area contributed by atoms with E-state index in [4.69, 9.17) is 11.6 Å². The molecule has 1 nitrogen and oxygen atoms in total. The van der Waals surface area contributed by atoms with E-state index in [-0.39, 0.29) is 15.8 Å². The zero-order valence-electron chi connectivity index (χ0n) is 10.1. The van der Waals surface area contributed by atoms with Crippen LogP contribution in [-0.4, -0.2) is 10.9 Å². The summed E-state index contributed by atoms with van der Waals surface area (Å²) in [5.74, 6) is -1.38. The van der Waals surface area contributed by atoms with Gasteiger partial charge in [-0.05, 0) is 52.3 Å². The van der Waals surface area contributed by atoms with Crippen molar-refractivity contribution in [2.24, 2.45) is 0 Å². The molecule has 0 aliphatic rings. The van der Waals surface area contributed by atoms with Gasteiger partial charge in [0.05, 0.1) is 16.1 Å². The number of halogens is 4. The molecule has 6 heteroatoms. The number of rotatable bonds is 4. The molecule has 0 spiro atoms. The van der Waals surface area contributed by atoms with Crippen LogP contribution in [0.15, 0.2) is 45.8 Å². The van der Waals surface area contributed by atoms with Gasteiger partial charge in [0, 0.05) is 15.7 Å². The van der Waals surface area contributed by atoms with E-state index in [9.17, 15) is 13.9 Å².